The Morgan fingerprint density at radius 3 is 2.16 bits per heavy atom. The van der Waals surface area contributed by atoms with Crippen LogP contribution in [0.15, 0.2) is 42.5 Å². The Bertz CT molecular complexity index is 717. The van der Waals surface area contributed by atoms with Crippen molar-refractivity contribution in [1.29, 1.82) is 0 Å². The van der Waals surface area contributed by atoms with Gasteiger partial charge in [0.15, 0.2) is 11.5 Å². The van der Waals surface area contributed by atoms with Crippen LogP contribution in [0.3, 0.4) is 0 Å². The van der Waals surface area contributed by atoms with Gasteiger partial charge in [0.25, 0.3) is 0 Å². The minimum atomic E-state index is -0.866. The van der Waals surface area contributed by atoms with Gasteiger partial charge in [0.05, 0.1) is 26.2 Å². The molecule has 0 spiro atoms. The molecule has 134 valence electrons. The second kappa shape index (κ2) is 8.03. The molecule has 2 aromatic carbocycles. The number of carbonyl (C=O) groups excluding carboxylic acids is 1. The molecule has 5 nitrogen and oxygen atoms in total. The van der Waals surface area contributed by atoms with Gasteiger partial charge in [0, 0.05) is 6.54 Å². The zero-order valence-corrected chi connectivity index (χ0v) is 15.1. The highest BCUT2D eigenvalue weighted by Gasteiger charge is 2.15. The zero-order chi connectivity index (χ0) is 18.4. The van der Waals surface area contributed by atoms with Crippen LogP contribution in [0, 0.1) is 0 Å². The second-order valence-electron chi connectivity index (χ2n) is 6.40. The molecule has 0 unspecified atom stereocenters. The molecule has 0 aliphatic heterocycles. The van der Waals surface area contributed by atoms with Crippen LogP contribution >= 0.6 is 0 Å². The topological polar surface area (TPSA) is 67.8 Å². The van der Waals surface area contributed by atoms with Crippen LogP contribution in [0.2, 0.25) is 0 Å². The number of hydrogen-bond acceptors (Lipinski definition) is 4. The summed E-state index contributed by atoms with van der Waals surface area (Å²) in [7, 11) is 3.15. The summed E-state index contributed by atoms with van der Waals surface area (Å²) in [6.07, 6.45) is 0.266. The summed E-state index contributed by atoms with van der Waals surface area (Å²) < 4.78 is 10.4. The predicted octanol–water partition coefficient (Wildman–Crippen LogP) is 2.79. The number of nitrogens with one attached hydrogen (secondary N) is 1. The molecule has 0 saturated heterocycles. The van der Waals surface area contributed by atoms with Crippen molar-refractivity contribution >= 4 is 5.91 Å². The minimum absolute atomic E-state index is 0.0706. The van der Waals surface area contributed by atoms with Gasteiger partial charge in [-0.2, -0.15) is 0 Å². The van der Waals surface area contributed by atoms with E-state index in [1.807, 2.05) is 30.3 Å². The lowest BCUT2D eigenvalue weighted by molar-refractivity contribution is -0.120. The van der Waals surface area contributed by atoms with Gasteiger partial charge >= 0.3 is 0 Å². The predicted molar refractivity (Wildman–Crippen MR) is 96.8 cm³/mol. The van der Waals surface area contributed by atoms with E-state index in [1.165, 1.54) is 0 Å². The van der Waals surface area contributed by atoms with Gasteiger partial charge < -0.3 is 19.9 Å². The molecule has 2 N–H and O–H groups in total. The highest BCUT2D eigenvalue weighted by molar-refractivity contribution is 5.78. The maximum atomic E-state index is 12.1. The third kappa shape index (κ3) is 5.22. The van der Waals surface area contributed by atoms with Crippen molar-refractivity contribution in [3.8, 4) is 11.5 Å². The van der Waals surface area contributed by atoms with Crippen molar-refractivity contribution < 1.29 is 19.4 Å². The van der Waals surface area contributed by atoms with Crippen LogP contribution in [0.4, 0.5) is 0 Å². The third-order valence-corrected chi connectivity index (χ3v) is 3.96. The molecule has 5 heteroatoms. The van der Waals surface area contributed by atoms with Crippen molar-refractivity contribution in [3.05, 3.63) is 59.2 Å². The van der Waals surface area contributed by atoms with Gasteiger partial charge in [0.1, 0.15) is 0 Å². The smallest absolute Gasteiger partial charge is 0.224 e. The first-order valence-corrected chi connectivity index (χ1v) is 8.13. The van der Waals surface area contributed by atoms with Crippen LogP contribution in [0.25, 0.3) is 0 Å². The lowest BCUT2D eigenvalue weighted by Crippen LogP contribution is -2.24. The Balaban J connectivity index is 1.92. The van der Waals surface area contributed by atoms with Crippen molar-refractivity contribution in [3.63, 3.8) is 0 Å². The Hall–Kier alpha value is -2.53. The van der Waals surface area contributed by atoms with Gasteiger partial charge in [-0.25, -0.2) is 0 Å². The maximum Gasteiger partial charge on any atom is 0.224 e. The average molecular weight is 343 g/mol. The van der Waals surface area contributed by atoms with Crippen LogP contribution in [0.1, 0.15) is 30.5 Å². The third-order valence-electron chi connectivity index (χ3n) is 3.96. The Kier molecular flexibility index (Phi) is 6.04. The summed E-state index contributed by atoms with van der Waals surface area (Å²) in [5.74, 6) is 1.17. The summed E-state index contributed by atoms with van der Waals surface area (Å²) in [4.78, 5) is 12.1. The molecule has 0 aliphatic carbocycles. The molecule has 25 heavy (non-hydrogen) atoms. The first kappa shape index (κ1) is 18.8. The monoisotopic (exact) mass is 343 g/mol. The number of ether oxygens (including phenoxy) is 2. The molecule has 0 fully saturated rings. The number of rotatable bonds is 7. The number of benzene rings is 2. The molecular weight excluding hydrogens is 318 g/mol. The molecule has 0 aromatic heterocycles. The van der Waals surface area contributed by atoms with E-state index in [4.69, 9.17) is 9.47 Å². The fraction of sp³-hybridized carbons (Fsp3) is 0.350. The summed E-state index contributed by atoms with van der Waals surface area (Å²) in [5, 5.41) is 12.9. The summed E-state index contributed by atoms with van der Waals surface area (Å²) in [6.45, 7) is 3.93. The van der Waals surface area contributed by atoms with E-state index in [-0.39, 0.29) is 12.3 Å². The standard InChI is InChI=1S/C20H25NO4/c1-20(2,23)16-8-5-14(6-9-16)13-21-19(22)12-15-7-10-17(24-3)18(11-15)25-4/h5-11,23H,12-13H2,1-4H3,(H,21,22). The van der Waals surface area contributed by atoms with E-state index in [9.17, 15) is 9.90 Å². The molecule has 0 heterocycles. The Labute approximate surface area is 148 Å². The zero-order valence-electron chi connectivity index (χ0n) is 15.1. The first-order chi connectivity index (χ1) is 11.8. The summed E-state index contributed by atoms with van der Waals surface area (Å²) in [6, 6.07) is 13.0. The van der Waals surface area contributed by atoms with E-state index in [0.29, 0.717) is 18.0 Å². The molecule has 0 radical (unpaired) electrons. The van der Waals surface area contributed by atoms with E-state index in [1.54, 1.807) is 40.2 Å². The average Bonchev–Trinajstić information content (AvgIpc) is 2.59. The lowest BCUT2D eigenvalue weighted by atomic mass is 9.97. The van der Waals surface area contributed by atoms with Crippen molar-refractivity contribution in [2.75, 3.05) is 14.2 Å². The number of amides is 1. The largest absolute Gasteiger partial charge is 0.493 e. The quantitative estimate of drug-likeness (QED) is 0.811. The number of carbonyl (C=O) groups is 1. The van der Waals surface area contributed by atoms with E-state index < -0.39 is 5.60 Å². The van der Waals surface area contributed by atoms with Crippen LogP contribution < -0.4 is 14.8 Å². The molecular formula is C20H25NO4. The lowest BCUT2D eigenvalue weighted by Gasteiger charge is -2.18. The Morgan fingerprint density at radius 2 is 1.60 bits per heavy atom. The number of methoxy groups -OCH3 is 2. The SMILES string of the molecule is COc1ccc(CC(=O)NCc2ccc(C(C)(C)O)cc2)cc1OC. The molecule has 2 aromatic rings. The maximum absolute atomic E-state index is 12.1. The summed E-state index contributed by atoms with van der Waals surface area (Å²) >= 11 is 0. The molecule has 0 aliphatic rings. The molecule has 0 atom stereocenters. The fourth-order valence-electron chi connectivity index (χ4n) is 2.47. The molecule has 2 rings (SSSR count). The van der Waals surface area contributed by atoms with Gasteiger partial charge in [0.2, 0.25) is 5.91 Å². The highest BCUT2D eigenvalue weighted by atomic mass is 16.5. The fourth-order valence-corrected chi connectivity index (χ4v) is 2.47. The summed E-state index contributed by atoms with van der Waals surface area (Å²) in [5.41, 5.74) is 1.81. The highest BCUT2D eigenvalue weighted by Crippen LogP contribution is 2.27. The van der Waals surface area contributed by atoms with Crippen LogP contribution in [-0.4, -0.2) is 25.2 Å². The van der Waals surface area contributed by atoms with E-state index in [0.717, 1.165) is 16.7 Å². The van der Waals surface area contributed by atoms with Crippen molar-refractivity contribution in [1.82, 2.24) is 5.32 Å². The minimum Gasteiger partial charge on any atom is -0.493 e. The van der Waals surface area contributed by atoms with Crippen LogP contribution in [0.5, 0.6) is 11.5 Å². The number of aliphatic hydroxyl groups is 1. The van der Waals surface area contributed by atoms with Gasteiger partial charge in [-0.1, -0.05) is 30.3 Å². The van der Waals surface area contributed by atoms with E-state index >= 15 is 0 Å². The van der Waals surface area contributed by atoms with Gasteiger partial charge in [-0.05, 0) is 42.7 Å². The van der Waals surface area contributed by atoms with Crippen LogP contribution in [-0.2, 0) is 23.4 Å². The normalized spacial score (nSPS) is 11.1. The van der Waals surface area contributed by atoms with Gasteiger partial charge in [-0.15, -0.1) is 0 Å². The Morgan fingerprint density at radius 1 is 1.00 bits per heavy atom. The van der Waals surface area contributed by atoms with Crippen molar-refractivity contribution in [2.24, 2.45) is 0 Å². The molecule has 0 bridgehead atoms. The van der Waals surface area contributed by atoms with Crippen molar-refractivity contribution in [2.45, 2.75) is 32.4 Å². The molecule has 0 saturated carbocycles. The molecule has 1 amide bonds. The van der Waals surface area contributed by atoms with Gasteiger partial charge in [-0.3, -0.25) is 4.79 Å². The number of hydrogen-bond donors (Lipinski definition) is 2. The first-order valence-electron chi connectivity index (χ1n) is 8.13. The van der Waals surface area contributed by atoms with E-state index in [2.05, 4.69) is 5.32 Å². The second-order valence-corrected chi connectivity index (χ2v) is 6.40.